The first-order valence-electron chi connectivity index (χ1n) is 8.59. The second kappa shape index (κ2) is 9.85. The molecule has 0 bridgehead atoms. The van der Waals surface area contributed by atoms with Gasteiger partial charge in [-0.25, -0.2) is 0 Å². The molecular weight excluding hydrogens is 352 g/mol. The van der Waals surface area contributed by atoms with Gasteiger partial charge >= 0.3 is 0 Å². The van der Waals surface area contributed by atoms with Gasteiger partial charge < -0.3 is 11.1 Å². The van der Waals surface area contributed by atoms with E-state index in [0.717, 1.165) is 16.5 Å². The smallest absolute Gasteiger partial charge is 0.233 e. The molecule has 0 heterocycles. The van der Waals surface area contributed by atoms with Crippen molar-refractivity contribution in [3.63, 3.8) is 0 Å². The molecule has 3 N–H and O–H groups in total. The van der Waals surface area contributed by atoms with Crippen molar-refractivity contribution >= 4 is 35.8 Å². The number of hydrogen-bond acceptors (Lipinski definition) is 3. The van der Waals surface area contributed by atoms with E-state index in [1.54, 1.807) is 0 Å². The molecule has 0 aromatic heterocycles. The number of nitrogens with one attached hydrogen (secondary N) is 1. The largest absolute Gasteiger partial charge is 0.329 e. The second-order valence-corrected chi connectivity index (χ2v) is 7.61. The van der Waals surface area contributed by atoms with Crippen LogP contribution in [0.3, 0.4) is 0 Å². The van der Waals surface area contributed by atoms with Crippen LogP contribution >= 0.6 is 24.2 Å². The molecule has 0 radical (unpaired) electrons. The Bertz CT molecular complexity index is 657. The van der Waals surface area contributed by atoms with Gasteiger partial charge in [0.2, 0.25) is 5.91 Å². The molecule has 25 heavy (non-hydrogen) atoms. The fourth-order valence-corrected chi connectivity index (χ4v) is 4.37. The third-order valence-electron chi connectivity index (χ3n) is 4.48. The molecule has 1 saturated carbocycles. The maximum absolute atomic E-state index is 12.5. The van der Waals surface area contributed by atoms with Crippen LogP contribution in [0.25, 0.3) is 0 Å². The Morgan fingerprint density at radius 2 is 1.72 bits per heavy atom. The van der Waals surface area contributed by atoms with Gasteiger partial charge in [-0.2, -0.15) is 0 Å². The third-order valence-corrected chi connectivity index (χ3v) is 5.83. The molecule has 1 aliphatic rings. The molecule has 3 rings (SSSR count). The molecule has 2 aromatic carbocycles. The number of rotatable bonds is 6. The molecule has 3 nitrogen and oxygen atoms in total. The van der Waals surface area contributed by atoms with Gasteiger partial charge in [0, 0.05) is 22.4 Å². The summed E-state index contributed by atoms with van der Waals surface area (Å²) >= 11 is 1.95. The van der Waals surface area contributed by atoms with Crippen molar-refractivity contribution < 1.29 is 4.79 Å². The van der Waals surface area contributed by atoms with E-state index >= 15 is 0 Å². The van der Waals surface area contributed by atoms with Crippen LogP contribution < -0.4 is 11.1 Å². The van der Waals surface area contributed by atoms with Crippen molar-refractivity contribution in [3.8, 4) is 0 Å². The molecule has 0 saturated heterocycles. The summed E-state index contributed by atoms with van der Waals surface area (Å²) in [4.78, 5) is 13.8. The van der Waals surface area contributed by atoms with Gasteiger partial charge in [-0.1, -0.05) is 43.2 Å². The minimum atomic E-state index is -0.321. The summed E-state index contributed by atoms with van der Waals surface area (Å²) in [6.45, 7) is 0.297. The Balaban J connectivity index is 0.00000225. The second-order valence-electron chi connectivity index (χ2n) is 6.24. The first-order chi connectivity index (χ1) is 11.8. The van der Waals surface area contributed by atoms with E-state index in [4.69, 9.17) is 5.73 Å². The minimum absolute atomic E-state index is 0. The Morgan fingerprint density at radius 3 is 2.32 bits per heavy atom. The molecule has 1 amide bonds. The topological polar surface area (TPSA) is 55.1 Å². The number of thioether (sulfide) groups is 1. The van der Waals surface area contributed by atoms with E-state index in [1.165, 1.54) is 30.6 Å². The number of nitrogens with two attached hydrogens (primary N) is 1. The molecule has 134 valence electrons. The molecule has 0 spiro atoms. The van der Waals surface area contributed by atoms with Crippen molar-refractivity contribution in [2.24, 2.45) is 5.73 Å². The number of carbonyl (C=O) groups is 1. The van der Waals surface area contributed by atoms with Crippen LogP contribution in [0.4, 0.5) is 5.69 Å². The van der Waals surface area contributed by atoms with Gasteiger partial charge in [0.05, 0.1) is 5.92 Å². The molecule has 1 atom stereocenters. The predicted octanol–water partition coefficient (Wildman–Crippen LogP) is 4.82. The Hall–Kier alpha value is -1.49. The summed E-state index contributed by atoms with van der Waals surface area (Å²) in [7, 11) is 0. The summed E-state index contributed by atoms with van der Waals surface area (Å²) in [6, 6.07) is 17.8. The van der Waals surface area contributed by atoms with Gasteiger partial charge in [0.15, 0.2) is 0 Å². The highest BCUT2D eigenvalue weighted by molar-refractivity contribution is 8.00. The van der Waals surface area contributed by atoms with E-state index in [9.17, 15) is 4.79 Å². The zero-order valence-corrected chi connectivity index (χ0v) is 15.8. The number of hydrogen-bond donors (Lipinski definition) is 2. The molecule has 1 unspecified atom stereocenters. The molecule has 1 fully saturated rings. The monoisotopic (exact) mass is 376 g/mol. The third kappa shape index (κ3) is 5.50. The van der Waals surface area contributed by atoms with E-state index in [2.05, 4.69) is 17.4 Å². The van der Waals surface area contributed by atoms with Crippen molar-refractivity contribution in [2.45, 2.75) is 41.7 Å². The van der Waals surface area contributed by atoms with Crippen LogP contribution in [0.15, 0.2) is 59.5 Å². The fourth-order valence-electron chi connectivity index (χ4n) is 3.12. The lowest BCUT2D eigenvalue weighted by molar-refractivity contribution is -0.117. The Kier molecular flexibility index (Phi) is 7.82. The quantitative estimate of drug-likeness (QED) is 0.759. The molecule has 0 aliphatic heterocycles. The highest BCUT2D eigenvalue weighted by atomic mass is 35.5. The number of carbonyl (C=O) groups excluding carboxylic acids is 1. The van der Waals surface area contributed by atoms with Crippen LogP contribution in [0.5, 0.6) is 0 Å². The number of halogens is 1. The van der Waals surface area contributed by atoms with E-state index in [1.807, 2.05) is 54.2 Å². The van der Waals surface area contributed by atoms with Crippen LogP contribution in [0, 0.1) is 0 Å². The summed E-state index contributed by atoms with van der Waals surface area (Å²) in [5.41, 5.74) is 7.58. The average Bonchev–Trinajstić information content (AvgIpc) is 3.11. The number of benzene rings is 2. The number of amides is 1. The maximum Gasteiger partial charge on any atom is 0.233 e. The van der Waals surface area contributed by atoms with Crippen LogP contribution in [0.2, 0.25) is 0 Å². The van der Waals surface area contributed by atoms with Crippen molar-refractivity contribution in [2.75, 3.05) is 11.9 Å². The van der Waals surface area contributed by atoms with Crippen molar-refractivity contribution in [3.05, 3.63) is 60.2 Å². The maximum atomic E-state index is 12.5. The lowest BCUT2D eigenvalue weighted by Crippen LogP contribution is -2.27. The summed E-state index contributed by atoms with van der Waals surface area (Å²) < 4.78 is 0. The minimum Gasteiger partial charge on any atom is -0.329 e. The zero-order chi connectivity index (χ0) is 16.8. The zero-order valence-electron chi connectivity index (χ0n) is 14.2. The summed E-state index contributed by atoms with van der Waals surface area (Å²) in [5.74, 6) is -0.376. The average molecular weight is 377 g/mol. The summed E-state index contributed by atoms with van der Waals surface area (Å²) in [6.07, 6.45) is 5.34. The first-order valence-corrected chi connectivity index (χ1v) is 9.47. The van der Waals surface area contributed by atoms with E-state index in [0.29, 0.717) is 6.54 Å². The number of anilines is 1. The summed E-state index contributed by atoms with van der Waals surface area (Å²) in [5, 5.41) is 3.74. The van der Waals surface area contributed by atoms with Crippen molar-refractivity contribution in [1.82, 2.24) is 0 Å². The molecule has 5 heteroatoms. The normalized spacial score (nSPS) is 15.4. The van der Waals surface area contributed by atoms with E-state index in [-0.39, 0.29) is 24.2 Å². The van der Waals surface area contributed by atoms with Crippen LogP contribution in [-0.2, 0) is 4.79 Å². The first kappa shape index (κ1) is 19.8. The van der Waals surface area contributed by atoms with Crippen molar-refractivity contribution in [1.29, 1.82) is 0 Å². The lowest BCUT2D eigenvalue weighted by Gasteiger charge is -2.15. The van der Waals surface area contributed by atoms with Gasteiger partial charge in [0.25, 0.3) is 0 Å². The molecule has 1 aliphatic carbocycles. The van der Waals surface area contributed by atoms with Crippen LogP contribution in [-0.4, -0.2) is 17.7 Å². The van der Waals surface area contributed by atoms with Gasteiger partial charge in [-0.3, -0.25) is 4.79 Å². The highest BCUT2D eigenvalue weighted by Gasteiger charge is 2.19. The SMILES string of the molecule is Cl.NCC(C(=O)Nc1ccc(SC2CCCC2)cc1)c1ccccc1. The van der Waals surface area contributed by atoms with Gasteiger partial charge in [0.1, 0.15) is 0 Å². The Morgan fingerprint density at radius 1 is 1.08 bits per heavy atom. The Labute approximate surface area is 160 Å². The molecule has 2 aromatic rings. The fraction of sp³-hybridized carbons (Fsp3) is 0.350. The molecular formula is C20H25ClN2OS. The predicted molar refractivity (Wildman–Crippen MR) is 109 cm³/mol. The van der Waals surface area contributed by atoms with Crippen LogP contribution in [0.1, 0.15) is 37.2 Å². The standard InChI is InChI=1S/C20H24N2OS.ClH/c21-14-19(15-6-2-1-3-7-15)20(23)22-16-10-12-18(13-11-16)24-17-8-4-5-9-17;/h1-3,6-7,10-13,17,19H,4-5,8-9,14,21H2,(H,22,23);1H. The van der Waals surface area contributed by atoms with Gasteiger partial charge in [-0.15, -0.1) is 24.2 Å². The highest BCUT2D eigenvalue weighted by Crippen LogP contribution is 2.35. The lowest BCUT2D eigenvalue weighted by atomic mass is 9.98. The van der Waals surface area contributed by atoms with E-state index < -0.39 is 0 Å². The van der Waals surface area contributed by atoms with Gasteiger partial charge in [-0.05, 0) is 42.7 Å².